The molecule has 32 heavy (non-hydrogen) atoms. The Hall–Kier alpha value is -3.33. The first kappa shape index (κ1) is 21.9. The van der Waals surface area contributed by atoms with Crippen LogP contribution in [0.1, 0.15) is 28.2 Å². The molecule has 0 saturated heterocycles. The van der Waals surface area contributed by atoms with Crippen molar-refractivity contribution in [2.45, 2.75) is 25.6 Å². The highest BCUT2D eigenvalue weighted by Crippen LogP contribution is 2.32. The number of amides is 2. The highest BCUT2D eigenvalue weighted by Gasteiger charge is 2.33. The molecule has 1 aliphatic rings. The van der Waals surface area contributed by atoms with Crippen LogP contribution in [0.4, 0.5) is 23.7 Å². The lowest BCUT2D eigenvalue weighted by atomic mass is 10.0. The lowest BCUT2D eigenvalue weighted by molar-refractivity contribution is -0.138. The summed E-state index contributed by atoms with van der Waals surface area (Å²) in [4.78, 5) is 33.6. The van der Waals surface area contributed by atoms with Crippen molar-refractivity contribution in [2.75, 3.05) is 11.9 Å². The van der Waals surface area contributed by atoms with Gasteiger partial charge in [0.15, 0.2) is 0 Å². The zero-order valence-electron chi connectivity index (χ0n) is 16.7. The van der Waals surface area contributed by atoms with E-state index in [0.717, 1.165) is 6.07 Å². The fourth-order valence-corrected chi connectivity index (χ4v) is 3.82. The Morgan fingerprint density at radius 3 is 2.72 bits per heavy atom. The number of hydrogen-bond acceptors (Lipinski definition) is 3. The first-order valence-electron chi connectivity index (χ1n) is 9.78. The third kappa shape index (κ3) is 4.77. The van der Waals surface area contributed by atoms with Crippen molar-refractivity contribution >= 4 is 23.3 Å². The van der Waals surface area contributed by atoms with Gasteiger partial charge in [-0.15, -0.1) is 0 Å². The minimum Gasteiger partial charge on any atom is -0.320 e. The Morgan fingerprint density at radius 2 is 1.97 bits per heavy atom. The van der Waals surface area contributed by atoms with Gasteiger partial charge in [-0.05, 0) is 29.8 Å². The van der Waals surface area contributed by atoms with E-state index < -0.39 is 17.3 Å². The molecule has 2 amide bonds. The number of fused-ring (bicyclic) bond motifs is 1. The van der Waals surface area contributed by atoms with E-state index in [2.05, 4.69) is 15.3 Å². The third-order valence-corrected chi connectivity index (χ3v) is 5.40. The molecule has 6 nitrogen and oxygen atoms in total. The van der Waals surface area contributed by atoms with E-state index in [4.69, 9.17) is 11.6 Å². The lowest BCUT2D eigenvalue weighted by Crippen LogP contribution is -2.42. The molecule has 3 aromatic rings. The largest absolute Gasteiger partial charge is 0.416 e. The van der Waals surface area contributed by atoms with E-state index in [1.165, 1.54) is 23.1 Å². The molecular weight excluding hydrogens is 445 g/mol. The zero-order chi connectivity index (χ0) is 22.9. The molecule has 0 saturated carbocycles. The van der Waals surface area contributed by atoms with Gasteiger partial charge in [-0.3, -0.25) is 4.79 Å². The number of rotatable bonds is 3. The maximum absolute atomic E-state index is 13.3. The highest BCUT2D eigenvalue weighted by atomic mass is 35.5. The summed E-state index contributed by atoms with van der Waals surface area (Å²) in [7, 11) is 0. The number of benzene rings is 2. The SMILES string of the molecule is O=C(Nc1cccc(Cl)c1)N1CCc2nc(Cc3ccccc3C(F)(F)F)[nH]c(=O)c2C1. The fourth-order valence-electron chi connectivity index (χ4n) is 3.63. The highest BCUT2D eigenvalue weighted by molar-refractivity contribution is 6.30. The van der Waals surface area contributed by atoms with Gasteiger partial charge in [-0.1, -0.05) is 35.9 Å². The second-order valence-corrected chi connectivity index (χ2v) is 7.82. The van der Waals surface area contributed by atoms with Crippen LogP contribution in [0.5, 0.6) is 0 Å². The van der Waals surface area contributed by atoms with Crippen LogP contribution < -0.4 is 10.9 Å². The zero-order valence-corrected chi connectivity index (χ0v) is 17.4. The van der Waals surface area contributed by atoms with Gasteiger partial charge in [0, 0.05) is 30.1 Å². The number of aromatic amines is 1. The maximum atomic E-state index is 13.3. The number of hydrogen-bond donors (Lipinski definition) is 2. The summed E-state index contributed by atoms with van der Waals surface area (Å²) in [6, 6.07) is 11.5. The molecule has 10 heteroatoms. The van der Waals surface area contributed by atoms with Crippen molar-refractivity contribution in [3.05, 3.63) is 92.1 Å². The molecule has 0 fully saturated rings. The molecule has 4 rings (SSSR count). The molecule has 0 bridgehead atoms. The Labute approximate surface area is 186 Å². The summed E-state index contributed by atoms with van der Waals surface area (Å²) in [5.41, 5.74) is 0.143. The van der Waals surface area contributed by atoms with Gasteiger partial charge in [0.25, 0.3) is 5.56 Å². The van der Waals surface area contributed by atoms with Crippen molar-refractivity contribution in [3.8, 4) is 0 Å². The van der Waals surface area contributed by atoms with Gasteiger partial charge in [0.1, 0.15) is 5.82 Å². The quantitative estimate of drug-likeness (QED) is 0.596. The van der Waals surface area contributed by atoms with Crippen LogP contribution in [0, 0.1) is 0 Å². The van der Waals surface area contributed by atoms with E-state index in [0.29, 0.717) is 34.9 Å². The molecule has 2 aromatic carbocycles. The predicted octanol–water partition coefficient (Wildman–Crippen LogP) is 4.62. The van der Waals surface area contributed by atoms with Crippen LogP contribution in [0.2, 0.25) is 5.02 Å². The van der Waals surface area contributed by atoms with E-state index in [-0.39, 0.29) is 30.4 Å². The second-order valence-electron chi connectivity index (χ2n) is 7.38. The molecule has 166 valence electrons. The number of H-pyrrole nitrogens is 1. The third-order valence-electron chi connectivity index (χ3n) is 5.16. The molecule has 2 N–H and O–H groups in total. The number of nitrogens with one attached hydrogen (secondary N) is 2. The molecule has 1 aliphatic heterocycles. The average molecular weight is 463 g/mol. The number of urea groups is 1. The van der Waals surface area contributed by atoms with E-state index in [1.54, 1.807) is 24.3 Å². The predicted molar refractivity (Wildman–Crippen MR) is 114 cm³/mol. The standard InChI is InChI=1S/C22H18ClF3N4O2/c23-14-5-3-6-15(11-14)27-21(32)30-9-8-18-16(12-30)20(31)29-19(28-18)10-13-4-1-2-7-17(13)22(24,25)26/h1-7,11H,8-10,12H2,(H,27,32)(H,28,29,31). The summed E-state index contributed by atoms with van der Waals surface area (Å²) < 4.78 is 39.8. The van der Waals surface area contributed by atoms with Crippen LogP contribution in [-0.4, -0.2) is 27.4 Å². The monoisotopic (exact) mass is 462 g/mol. The number of carbonyl (C=O) groups is 1. The van der Waals surface area contributed by atoms with Crippen molar-refractivity contribution < 1.29 is 18.0 Å². The molecule has 0 spiro atoms. The molecule has 1 aromatic heterocycles. The number of aromatic nitrogens is 2. The van der Waals surface area contributed by atoms with Crippen molar-refractivity contribution in [1.29, 1.82) is 0 Å². The molecular formula is C22H18ClF3N4O2. The maximum Gasteiger partial charge on any atom is 0.416 e. The van der Waals surface area contributed by atoms with E-state index >= 15 is 0 Å². The van der Waals surface area contributed by atoms with Gasteiger partial charge in [-0.2, -0.15) is 13.2 Å². The number of anilines is 1. The molecule has 0 radical (unpaired) electrons. The Bertz CT molecular complexity index is 1230. The fraction of sp³-hybridized carbons (Fsp3) is 0.227. The smallest absolute Gasteiger partial charge is 0.320 e. The van der Waals surface area contributed by atoms with E-state index in [1.807, 2.05) is 0 Å². The summed E-state index contributed by atoms with van der Waals surface area (Å²) in [5, 5.41) is 3.21. The topological polar surface area (TPSA) is 78.1 Å². The number of nitrogens with zero attached hydrogens (tertiary/aromatic N) is 2. The van der Waals surface area contributed by atoms with Gasteiger partial charge >= 0.3 is 12.2 Å². The summed E-state index contributed by atoms with van der Waals surface area (Å²) >= 11 is 5.93. The van der Waals surface area contributed by atoms with Gasteiger partial charge in [0.2, 0.25) is 0 Å². The van der Waals surface area contributed by atoms with Gasteiger partial charge < -0.3 is 15.2 Å². The molecule has 0 unspecified atom stereocenters. The molecule has 0 aliphatic carbocycles. The van der Waals surface area contributed by atoms with Gasteiger partial charge in [0.05, 0.1) is 23.4 Å². The number of halogens is 4. The van der Waals surface area contributed by atoms with Crippen molar-refractivity contribution in [2.24, 2.45) is 0 Å². The van der Waals surface area contributed by atoms with Crippen LogP contribution in [0.25, 0.3) is 0 Å². The van der Waals surface area contributed by atoms with Crippen LogP contribution in [-0.2, 0) is 25.6 Å². The summed E-state index contributed by atoms with van der Waals surface area (Å²) in [5.74, 6) is 0.155. The van der Waals surface area contributed by atoms with E-state index in [9.17, 15) is 22.8 Å². The van der Waals surface area contributed by atoms with Crippen LogP contribution >= 0.6 is 11.6 Å². The molecule has 0 atom stereocenters. The number of carbonyl (C=O) groups excluding carboxylic acids is 1. The minimum atomic E-state index is -4.50. The average Bonchev–Trinajstić information content (AvgIpc) is 2.73. The normalized spacial score (nSPS) is 13.6. The lowest BCUT2D eigenvalue weighted by Gasteiger charge is -2.28. The van der Waals surface area contributed by atoms with Gasteiger partial charge in [-0.25, -0.2) is 9.78 Å². The van der Waals surface area contributed by atoms with Crippen molar-refractivity contribution in [3.63, 3.8) is 0 Å². The molecule has 2 heterocycles. The van der Waals surface area contributed by atoms with Crippen LogP contribution in [0.15, 0.2) is 53.3 Å². The van der Waals surface area contributed by atoms with Crippen molar-refractivity contribution in [1.82, 2.24) is 14.9 Å². The Balaban J connectivity index is 1.52. The van der Waals surface area contributed by atoms with Crippen LogP contribution in [0.3, 0.4) is 0 Å². The first-order chi connectivity index (χ1) is 15.2. The summed E-state index contributed by atoms with van der Waals surface area (Å²) in [6.07, 6.45) is -4.34. The first-order valence-corrected chi connectivity index (χ1v) is 10.2. The minimum absolute atomic E-state index is 0.0291. The number of alkyl halides is 3. The second kappa shape index (κ2) is 8.66. The summed E-state index contributed by atoms with van der Waals surface area (Å²) in [6.45, 7) is 0.359. The Morgan fingerprint density at radius 1 is 1.19 bits per heavy atom. The Kier molecular flexibility index (Phi) is 5.92.